The second-order valence-electron chi connectivity index (χ2n) is 8.00. The minimum atomic E-state index is -0.366. The molecule has 0 spiro atoms. The lowest BCUT2D eigenvalue weighted by molar-refractivity contribution is -0.129. The Morgan fingerprint density at radius 1 is 1.26 bits per heavy atom. The summed E-state index contributed by atoms with van der Waals surface area (Å²) in [7, 11) is 0. The maximum atomic E-state index is 13.7. The van der Waals surface area contributed by atoms with Gasteiger partial charge in [-0.15, -0.1) is 0 Å². The van der Waals surface area contributed by atoms with Gasteiger partial charge < -0.3 is 20.3 Å². The number of aromatic nitrogens is 1. The number of hydrogen-bond donors (Lipinski definition) is 2. The van der Waals surface area contributed by atoms with E-state index in [1.165, 1.54) is 5.56 Å². The van der Waals surface area contributed by atoms with Crippen molar-refractivity contribution in [2.75, 3.05) is 18.4 Å². The van der Waals surface area contributed by atoms with Crippen molar-refractivity contribution in [3.8, 4) is 0 Å². The number of nitrogens with zero attached hydrogens (tertiary/aromatic N) is 3. The molecule has 3 aliphatic rings. The third-order valence-corrected chi connectivity index (χ3v) is 6.10. The van der Waals surface area contributed by atoms with Crippen molar-refractivity contribution in [2.45, 2.75) is 38.6 Å². The van der Waals surface area contributed by atoms with Gasteiger partial charge in [-0.3, -0.25) is 9.69 Å². The number of hydrogen-bond acceptors (Lipinski definition) is 6. The average Bonchev–Trinajstić information content (AvgIpc) is 3.54. The summed E-state index contributed by atoms with van der Waals surface area (Å²) in [5.41, 5.74) is 3.65. The molecule has 160 valence electrons. The first kappa shape index (κ1) is 19.5. The molecule has 0 radical (unpaired) electrons. The second kappa shape index (κ2) is 8.34. The van der Waals surface area contributed by atoms with Crippen molar-refractivity contribution >= 4 is 17.4 Å². The number of rotatable bonds is 6. The van der Waals surface area contributed by atoms with Crippen LogP contribution in [0.3, 0.4) is 0 Å². The number of carbonyl (C=O) groups is 1. The van der Waals surface area contributed by atoms with Crippen LogP contribution in [0, 0.1) is 0 Å². The van der Waals surface area contributed by atoms with E-state index in [1.807, 2.05) is 58.6 Å². The number of anilines is 1. The highest BCUT2D eigenvalue weighted by molar-refractivity contribution is 6.01. The molecule has 0 aliphatic carbocycles. The van der Waals surface area contributed by atoms with Gasteiger partial charge in [0.25, 0.3) is 12.3 Å². The molecule has 1 amide bonds. The molecular weight excluding hydrogens is 390 g/mol. The van der Waals surface area contributed by atoms with Gasteiger partial charge in [0.1, 0.15) is 17.8 Å². The van der Waals surface area contributed by atoms with Crippen molar-refractivity contribution < 1.29 is 9.53 Å². The first-order valence-electron chi connectivity index (χ1n) is 10.9. The SMILES string of the molecule is CCc1ccc(NCC2CCCN2C(=O)C2=C(c3ccccc3)NC3OC=CN23)nc1. The largest absolute Gasteiger partial charge is 0.458 e. The lowest BCUT2D eigenvalue weighted by Crippen LogP contribution is -2.43. The van der Waals surface area contributed by atoms with Gasteiger partial charge in [0.2, 0.25) is 0 Å². The van der Waals surface area contributed by atoms with Gasteiger partial charge in [-0.2, -0.15) is 0 Å². The fourth-order valence-corrected chi connectivity index (χ4v) is 4.39. The Labute approximate surface area is 182 Å². The Morgan fingerprint density at radius 3 is 2.90 bits per heavy atom. The van der Waals surface area contributed by atoms with Crippen molar-refractivity contribution in [1.82, 2.24) is 20.1 Å². The summed E-state index contributed by atoms with van der Waals surface area (Å²) in [6.07, 6.45) is 7.93. The molecule has 4 heterocycles. The van der Waals surface area contributed by atoms with Crippen LogP contribution in [0.15, 0.2) is 66.8 Å². The molecule has 2 atom stereocenters. The smallest absolute Gasteiger partial charge is 0.273 e. The molecule has 0 bridgehead atoms. The number of pyridine rings is 1. The molecule has 3 aliphatic heterocycles. The minimum absolute atomic E-state index is 0.0302. The predicted octanol–water partition coefficient (Wildman–Crippen LogP) is 3.11. The van der Waals surface area contributed by atoms with E-state index in [2.05, 4.69) is 28.6 Å². The number of carbonyl (C=O) groups excluding carboxylic acids is 1. The second-order valence-corrected chi connectivity index (χ2v) is 8.00. The molecule has 0 saturated carbocycles. The molecule has 5 rings (SSSR count). The van der Waals surface area contributed by atoms with Crippen LogP contribution in [0.5, 0.6) is 0 Å². The van der Waals surface area contributed by atoms with E-state index >= 15 is 0 Å². The van der Waals surface area contributed by atoms with Gasteiger partial charge in [0.05, 0.1) is 5.70 Å². The van der Waals surface area contributed by atoms with E-state index in [-0.39, 0.29) is 18.3 Å². The third-order valence-electron chi connectivity index (χ3n) is 6.10. The molecular formula is C24H27N5O2. The van der Waals surface area contributed by atoms with Gasteiger partial charge in [0.15, 0.2) is 0 Å². The van der Waals surface area contributed by atoms with Crippen LogP contribution in [0.1, 0.15) is 30.9 Å². The Balaban J connectivity index is 1.36. The van der Waals surface area contributed by atoms with Crippen LogP contribution >= 0.6 is 0 Å². The van der Waals surface area contributed by atoms with E-state index in [4.69, 9.17) is 4.74 Å². The highest BCUT2D eigenvalue weighted by atomic mass is 16.5. The van der Waals surface area contributed by atoms with Crippen LogP contribution in [0.2, 0.25) is 0 Å². The quantitative estimate of drug-likeness (QED) is 0.753. The maximum Gasteiger partial charge on any atom is 0.273 e. The third kappa shape index (κ3) is 3.71. The van der Waals surface area contributed by atoms with E-state index in [0.717, 1.165) is 42.9 Å². The molecule has 7 heteroatoms. The van der Waals surface area contributed by atoms with E-state index in [1.54, 1.807) is 6.26 Å². The monoisotopic (exact) mass is 417 g/mol. The summed E-state index contributed by atoms with van der Waals surface area (Å²) in [5, 5.41) is 6.77. The zero-order valence-corrected chi connectivity index (χ0v) is 17.6. The fraction of sp³-hybridized carbons (Fsp3) is 0.333. The Hall–Kier alpha value is -3.48. The number of nitrogens with one attached hydrogen (secondary N) is 2. The molecule has 1 aromatic carbocycles. The molecule has 1 aromatic heterocycles. The number of likely N-dealkylation sites (tertiary alicyclic amines) is 1. The lowest BCUT2D eigenvalue weighted by atomic mass is 10.1. The number of amides is 1. The number of benzene rings is 1. The molecule has 7 nitrogen and oxygen atoms in total. The van der Waals surface area contributed by atoms with Gasteiger partial charge >= 0.3 is 0 Å². The van der Waals surface area contributed by atoms with Crippen LogP contribution in [-0.2, 0) is 16.0 Å². The van der Waals surface area contributed by atoms with Gasteiger partial charge in [-0.05, 0) is 30.9 Å². The van der Waals surface area contributed by atoms with Crippen LogP contribution in [0.4, 0.5) is 5.82 Å². The van der Waals surface area contributed by atoms with Crippen LogP contribution in [0.25, 0.3) is 5.70 Å². The summed E-state index contributed by atoms with van der Waals surface area (Å²) < 4.78 is 5.62. The first-order chi connectivity index (χ1) is 15.2. The van der Waals surface area contributed by atoms with E-state index in [9.17, 15) is 4.79 Å². The fourth-order valence-electron chi connectivity index (χ4n) is 4.39. The molecule has 2 N–H and O–H groups in total. The first-order valence-corrected chi connectivity index (χ1v) is 10.9. The average molecular weight is 418 g/mol. The maximum absolute atomic E-state index is 13.7. The highest BCUT2D eigenvalue weighted by Crippen LogP contribution is 2.34. The molecule has 31 heavy (non-hydrogen) atoms. The molecule has 2 unspecified atom stereocenters. The van der Waals surface area contributed by atoms with E-state index in [0.29, 0.717) is 12.2 Å². The summed E-state index contributed by atoms with van der Waals surface area (Å²) >= 11 is 0. The van der Waals surface area contributed by atoms with Crippen molar-refractivity contribution in [3.63, 3.8) is 0 Å². The van der Waals surface area contributed by atoms with E-state index < -0.39 is 0 Å². The van der Waals surface area contributed by atoms with Crippen LogP contribution in [-0.4, -0.2) is 46.2 Å². The summed E-state index contributed by atoms with van der Waals surface area (Å²) in [6, 6.07) is 14.2. The minimum Gasteiger partial charge on any atom is -0.458 e. The van der Waals surface area contributed by atoms with Gasteiger partial charge in [0, 0.05) is 37.1 Å². The lowest BCUT2D eigenvalue weighted by Gasteiger charge is -2.28. The van der Waals surface area contributed by atoms with Gasteiger partial charge in [-0.1, -0.05) is 43.3 Å². The van der Waals surface area contributed by atoms with Crippen molar-refractivity contribution in [3.05, 3.63) is 77.9 Å². The Bertz CT molecular complexity index is 1000. The number of fused-ring (bicyclic) bond motifs is 1. The standard InChI is InChI=1S/C24H27N5O2/c1-2-17-10-11-20(25-15-17)26-16-19-9-6-12-28(19)23(30)22-21(18-7-4-3-5-8-18)27-24-29(22)13-14-31-24/h3-5,7-8,10-11,13-15,19,24,27H,2,6,9,12,16H2,1H3,(H,25,26). The zero-order chi connectivity index (χ0) is 21.2. The van der Waals surface area contributed by atoms with Crippen LogP contribution < -0.4 is 10.6 Å². The zero-order valence-electron chi connectivity index (χ0n) is 17.6. The predicted molar refractivity (Wildman–Crippen MR) is 119 cm³/mol. The summed E-state index contributed by atoms with van der Waals surface area (Å²) in [5.74, 6) is 0.877. The van der Waals surface area contributed by atoms with Crippen molar-refractivity contribution in [2.24, 2.45) is 0 Å². The number of ether oxygens (including phenoxy) is 1. The Kier molecular flexibility index (Phi) is 5.24. The molecule has 2 aromatic rings. The summed E-state index contributed by atoms with van der Waals surface area (Å²) in [6.45, 7) is 3.55. The summed E-state index contributed by atoms with van der Waals surface area (Å²) in [4.78, 5) is 22.1. The molecule has 1 fully saturated rings. The normalized spacial score (nSPS) is 21.8. The molecule has 1 saturated heterocycles. The van der Waals surface area contributed by atoms with Crippen molar-refractivity contribution in [1.29, 1.82) is 0 Å². The highest BCUT2D eigenvalue weighted by Gasteiger charge is 2.42. The topological polar surface area (TPSA) is 69.7 Å². The Morgan fingerprint density at radius 2 is 2.13 bits per heavy atom. The number of aryl methyl sites for hydroxylation is 1. The van der Waals surface area contributed by atoms with Gasteiger partial charge in [-0.25, -0.2) is 4.98 Å².